The number of hydrogen-bond donors (Lipinski definition) is 1. The van der Waals surface area contributed by atoms with Crippen LogP contribution in [0.4, 0.5) is 4.79 Å². The molecule has 2 aliphatic heterocycles. The Labute approximate surface area is 188 Å². The van der Waals surface area contributed by atoms with Crippen molar-refractivity contribution in [1.29, 1.82) is 0 Å². The summed E-state index contributed by atoms with van der Waals surface area (Å²) >= 11 is 0. The Kier molecular flexibility index (Phi) is 6.26. The quantitative estimate of drug-likeness (QED) is 0.709. The molecular weight excluding hydrogens is 404 g/mol. The standard InChI is InChI=1S/C25H30N4O3/c1-25(2)23(31)29(24(32)27-25)14-12-22(30)28-13-6-9-20(17-28)21-11-10-19(16-26-21)15-18-7-4-3-5-8-18/h3-5,7-8,10-11,16,20H,6,9,12-15,17H2,1-2H3,(H,27,32)/t20-/m0/s1. The Bertz CT molecular complexity index is 988. The highest BCUT2D eigenvalue weighted by atomic mass is 16.2. The third-order valence-electron chi connectivity index (χ3n) is 6.28. The van der Waals surface area contributed by atoms with Crippen LogP contribution in [-0.4, -0.2) is 57.8 Å². The molecular formula is C25H30N4O3. The van der Waals surface area contributed by atoms with Crippen molar-refractivity contribution in [3.63, 3.8) is 0 Å². The summed E-state index contributed by atoms with van der Waals surface area (Å²) in [5, 5.41) is 2.65. The first-order valence-electron chi connectivity index (χ1n) is 11.2. The smallest absolute Gasteiger partial charge is 0.325 e. The Hall–Kier alpha value is -3.22. The number of pyridine rings is 1. The van der Waals surface area contributed by atoms with Crippen LogP contribution in [0.2, 0.25) is 0 Å². The van der Waals surface area contributed by atoms with Crippen LogP contribution in [0.5, 0.6) is 0 Å². The van der Waals surface area contributed by atoms with Gasteiger partial charge in [-0.05, 0) is 50.3 Å². The van der Waals surface area contributed by atoms with Gasteiger partial charge in [-0.15, -0.1) is 0 Å². The molecule has 1 aromatic carbocycles. The first kappa shape index (κ1) is 22.0. The van der Waals surface area contributed by atoms with Gasteiger partial charge in [0.15, 0.2) is 0 Å². The zero-order valence-corrected chi connectivity index (χ0v) is 18.7. The molecule has 2 saturated heterocycles. The lowest BCUT2D eigenvalue weighted by Crippen LogP contribution is -2.42. The molecule has 0 aliphatic carbocycles. The van der Waals surface area contributed by atoms with E-state index in [4.69, 9.17) is 4.98 Å². The molecule has 2 aromatic rings. The topological polar surface area (TPSA) is 82.6 Å². The van der Waals surface area contributed by atoms with Gasteiger partial charge in [-0.1, -0.05) is 36.4 Å². The van der Waals surface area contributed by atoms with E-state index in [1.54, 1.807) is 13.8 Å². The lowest BCUT2D eigenvalue weighted by Gasteiger charge is -2.33. The molecule has 0 radical (unpaired) electrons. The van der Waals surface area contributed by atoms with E-state index in [1.165, 1.54) is 11.1 Å². The van der Waals surface area contributed by atoms with E-state index in [1.807, 2.05) is 29.3 Å². The van der Waals surface area contributed by atoms with E-state index in [9.17, 15) is 14.4 Å². The molecule has 0 bridgehead atoms. The Morgan fingerprint density at radius 3 is 2.56 bits per heavy atom. The predicted molar refractivity (Wildman–Crippen MR) is 121 cm³/mol. The molecule has 1 atom stereocenters. The van der Waals surface area contributed by atoms with Crippen molar-refractivity contribution in [2.45, 2.75) is 51.0 Å². The van der Waals surface area contributed by atoms with Gasteiger partial charge in [-0.25, -0.2) is 4.79 Å². The minimum atomic E-state index is -0.908. The van der Waals surface area contributed by atoms with E-state index in [-0.39, 0.29) is 30.7 Å². The molecule has 4 rings (SSSR count). The fraction of sp³-hybridized carbons (Fsp3) is 0.440. The molecule has 3 heterocycles. The third-order valence-corrected chi connectivity index (χ3v) is 6.28. The summed E-state index contributed by atoms with van der Waals surface area (Å²) in [7, 11) is 0. The Balaban J connectivity index is 1.32. The van der Waals surface area contributed by atoms with Gasteiger partial charge in [0.05, 0.1) is 0 Å². The maximum absolute atomic E-state index is 12.8. The average Bonchev–Trinajstić information content (AvgIpc) is 2.99. The van der Waals surface area contributed by atoms with Crippen LogP contribution in [0.3, 0.4) is 0 Å². The van der Waals surface area contributed by atoms with Crippen LogP contribution in [0.25, 0.3) is 0 Å². The fourth-order valence-electron chi connectivity index (χ4n) is 4.45. The molecule has 168 valence electrons. The Morgan fingerprint density at radius 1 is 1.12 bits per heavy atom. The first-order valence-corrected chi connectivity index (χ1v) is 11.2. The second kappa shape index (κ2) is 9.10. The predicted octanol–water partition coefficient (Wildman–Crippen LogP) is 3.10. The summed E-state index contributed by atoms with van der Waals surface area (Å²) in [6, 6.07) is 14.1. The first-order chi connectivity index (χ1) is 15.3. The minimum Gasteiger partial charge on any atom is -0.342 e. The minimum absolute atomic E-state index is 0.0271. The molecule has 1 aromatic heterocycles. The second-order valence-electron chi connectivity index (χ2n) is 9.19. The van der Waals surface area contributed by atoms with Crippen molar-refractivity contribution in [2.75, 3.05) is 19.6 Å². The number of carbonyl (C=O) groups excluding carboxylic acids is 3. The number of likely N-dealkylation sites (tertiary alicyclic amines) is 1. The summed E-state index contributed by atoms with van der Waals surface area (Å²) in [5.41, 5.74) is 2.52. The number of nitrogens with one attached hydrogen (secondary N) is 1. The number of benzene rings is 1. The third kappa shape index (κ3) is 4.82. The molecule has 2 fully saturated rings. The van der Waals surface area contributed by atoms with Gasteiger partial charge in [-0.2, -0.15) is 0 Å². The van der Waals surface area contributed by atoms with E-state index >= 15 is 0 Å². The number of carbonyl (C=O) groups is 3. The van der Waals surface area contributed by atoms with E-state index in [0.717, 1.165) is 29.9 Å². The van der Waals surface area contributed by atoms with Crippen LogP contribution in [-0.2, 0) is 16.0 Å². The zero-order valence-electron chi connectivity index (χ0n) is 18.7. The van der Waals surface area contributed by atoms with Crippen LogP contribution < -0.4 is 5.32 Å². The summed E-state index contributed by atoms with van der Waals surface area (Å²) < 4.78 is 0. The maximum Gasteiger partial charge on any atom is 0.325 e. The SMILES string of the molecule is CC1(C)NC(=O)N(CCC(=O)N2CCC[C@H](c3ccc(Cc4ccccc4)cn3)C2)C1=O. The molecule has 0 saturated carbocycles. The summed E-state index contributed by atoms with van der Waals surface area (Å²) in [4.78, 5) is 44.8. The zero-order chi connectivity index (χ0) is 22.7. The van der Waals surface area contributed by atoms with Crippen molar-refractivity contribution in [3.8, 4) is 0 Å². The monoisotopic (exact) mass is 434 g/mol. The number of urea groups is 1. The van der Waals surface area contributed by atoms with E-state index < -0.39 is 11.6 Å². The molecule has 0 unspecified atom stereocenters. The van der Waals surface area contributed by atoms with Crippen molar-refractivity contribution in [3.05, 3.63) is 65.5 Å². The highest BCUT2D eigenvalue weighted by molar-refractivity contribution is 6.06. The van der Waals surface area contributed by atoms with Crippen LogP contribution in [0, 0.1) is 0 Å². The van der Waals surface area contributed by atoms with E-state index in [2.05, 4.69) is 29.6 Å². The molecule has 7 heteroatoms. The molecule has 1 N–H and O–H groups in total. The van der Waals surface area contributed by atoms with Gasteiger partial charge in [0.2, 0.25) is 5.91 Å². The summed E-state index contributed by atoms with van der Waals surface area (Å²) in [6.07, 6.45) is 4.84. The van der Waals surface area contributed by atoms with Crippen LogP contribution >= 0.6 is 0 Å². The maximum atomic E-state index is 12.8. The highest BCUT2D eigenvalue weighted by Crippen LogP contribution is 2.26. The molecule has 4 amide bonds. The number of rotatable bonds is 6. The number of piperidine rings is 1. The number of hydrogen-bond acceptors (Lipinski definition) is 4. The number of amides is 4. The summed E-state index contributed by atoms with van der Waals surface area (Å²) in [6.45, 7) is 4.77. The number of nitrogens with zero attached hydrogens (tertiary/aromatic N) is 3. The van der Waals surface area contributed by atoms with Gasteiger partial charge < -0.3 is 10.2 Å². The van der Waals surface area contributed by atoms with Crippen molar-refractivity contribution >= 4 is 17.8 Å². The van der Waals surface area contributed by atoms with Gasteiger partial charge >= 0.3 is 6.03 Å². The number of aromatic nitrogens is 1. The van der Waals surface area contributed by atoms with E-state index in [0.29, 0.717) is 13.1 Å². The normalized spacial score (nSPS) is 20.4. The van der Waals surface area contributed by atoms with Gasteiger partial charge in [0.1, 0.15) is 5.54 Å². The lowest BCUT2D eigenvalue weighted by atomic mass is 9.93. The van der Waals surface area contributed by atoms with Gasteiger partial charge in [0.25, 0.3) is 5.91 Å². The summed E-state index contributed by atoms with van der Waals surface area (Å²) in [5.74, 6) is -0.110. The molecule has 7 nitrogen and oxygen atoms in total. The average molecular weight is 435 g/mol. The van der Waals surface area contributed by atoms with Gasteiger partial charge in [-0.3, -0.25) is 19.5 Å². The Morgan fingerprint density at radius 2 is 1.91 bits per heavy atom. The number of imide groups is 1. The van der Waals surface area contributed by atoms with Gasteiger partial charge in [0, 0.05) is 43.9 Å². The van der Waals surface area contributed by atoms with Crippen molar-refractivity contribution < 1.29 is 14.4 Å². The van der Waals surface area contributed by atoms with Crippen LogP contribution in [0.1, 0.15) is 55.8 Å². The molecule has 2 aliphatic rings. The highest BCUT2D eigenvalue weighted by Gasteiger charge is 2.44. The van der Waals surface area contributed by atoms with Crippen LogP contribution in [0.15, 0.2) is 48.7 Å². The lowest BCUT2D eigenvalue weighted by molar-refractivity contribution is -0.134. The van der Waals surface area contributed by atoms with Crippen molar-refractivity contribution in [1.82, 2.24) is 20.1 Å². The van der Waals surface area contributed by atoms with Crippen molar-refractivity contribution in [2.24, 2.45) is 0 Å². The molecule has 32 heavy (non-hydrogen) atoms. The second-order valence-corrected chi connectivity index (χ2v) is 9.19. The molecule has 0 spiro atoms. The largest absolute Gasteiger partial charge is 0.342 e. The fourth-order valence-corrected chi connectivity index (χ4v) is 4.45.